The van der Waals surface area contributed by atoms with Gasteiger partial charge in [0.25, 0.3) is 0 Å². The van der Waals surface area contributed by atoms with Crippen molar-refractivity contribution in [2.45, 2.75) is 4.90 Å². The van der Waals surface area contributed by atoms with E-state index in [1.165, 1.54) is 64.8 Å². The zero-order valence-electron chi connectivity index (χ0n) is 17.3. The van der Waals surface area contributed by atoms with E-state index >= 15 is 0 Å². The normalized spacial score (nSPS) is 13.7. The number of hydrogen-bond acceptors (Lipinski definition) is 0. The topological polar surface area (TPSA) is 20.2 Å². The smallest absolute Gasteiger partial charge is 0.0619 e. The van der Waals surface area contributed by atoms with Crippen molar-refractivity contribution in [3.63, 3.8) is 0 Å². The first kappa shape index (κ1) is 16.6. The van der Waals surface area contributed by atoms with Gasteiger partial charge >= 0.3 is 0 Å². The first-order chi connectivity index (χ1) is 14.5. The predicted octanol–water partition coefficient (Wildman–Crippen LogP) is 7.52. The number of para-hydroxylation sites is 2. The Hall–Kier alpha value is -3.17. The highest BCUT2D eigenvalue weighted by atomic mass is 32.3. The largest absolute Gasteiger partial charge is 0.354 e. The van der Waals surface area contributed by atoms with Crippen molar-refractivity contribution in [3.8, 4) is 0 Å². The molecule has 30 heavy (non-hydrogen) atoms. The number of hydrogen-bond donors (Lipinski definition) is 1. The van der Waals surface area contributed by atoms with E-state index in [0.29, 0.717) is 0 Å². The molecule has 0 unspecified atom stereocenters. The molecule has 1 N–H and O–H groups in total. The summed E-state index contributed by atoms with van der Waals surface area (Å²) in [6, 6.07) is 27.0. The number of aromatic amines is 1. The highest BCUT2D eigenvalue weighted by Crippen LogP contribution is 2.51. The molecule has 0 spiro atoms. The molecule has 146 valence electrons. The Bertz CT molecular complexity index is 1780. The number of benzene rings is 4. The Kier molecular flexibility index (Phi) is 2.93. The van der Waals surface area contributed by atoms with Gasteiger partial charge in [-0.05, 0) is 48.4 Å². The van der Waals surface area contributed by atoms with Crippen LogP contribution in [-0.2, 0) is 0 Å². The van der Waals surface area contributed by atoms with Gasteiger partial charge in [0.1, 0.15) is 0 Å². The molecular formula is C27H22N2S. The van der Waals surface area contributed by atoms with E-state index in [-0.39, 0.29) is 0 Å². The molecule has 3 aromatic heterocycles. The van der Waals surface area contributed by atoms with Crippen LogP contribution in [0.25, 0.3) is 59.9 Å². The van der Waals surface area contributed by atoms with Crippen molar-refractivity contribution >= 4 is 69.9 Å². The van der Waals surface area contributed by atoms with E-state index in [0.717, 1.165) is 0 Å². The van der Waals surface area contributed by atoms with Crippen molar-refractivity contribution in [2.75, 3.05) is 18.8 Å². The Balaban J connectivity index is 1.95. The molecule has 3 heteroatoms. The van der Waals surface area contributed by atoms with E-state index in [9.17, 15) is 0 Å². The van der Waals surface area contributed by atoms with Gasteiger partial charge in [-0.3, -0.25) is 0 Å². The molecule has 3 heterocycles. The van der Waals surface area contributed by atoms with E-state index in [1.807, 2.05) is 0 Å². The molecule has 0 radical (unpaired) electrons. The van der Waals surface area contributed by atoms with Crippen molar-refractivity contribution in [3.05, 3.63) is 72.8 Å². The molecule has 4 aromatic carbocycles. The Morgan fingerprint density at radius 3 is 2.17 bits per heavy atom. The van der Waals surface area contributed by atoms with Gasteiger partial charge in [-0.15, -0.1) is 0 Å². The number of fused-ring (bicyclic) bond motifs is 5. The number of nitrogens with one attached hydrogen (secondary N) is 1. The molecule has 0 amide bonds. The third kappa shape index (κ3) is 1.87. The minimum absolute atomic E-state index is 0.873. The second kappa shape index (κ2) is 5.30. The van der Waals surface area contributed by atoms with E-state index < -0.39 is 10.0 Å². The van der Waals surface area contributed by atoms with Crippen molar-refractivity contribution in [1.29, 1.82) is 0 Å². The lowest BCUT2D eigenvalue weighted by Gasteiger charge is -2.26. The standard InChI is InChI=1S/C27H22N2S/c1-30(2,3)23-15-14-17-19-10-6-9-18-16-8-4-5-12-21(16)29(27(18)19)22-13-7-11-20-25(22)24(17)26(23)28-20/h4-15,28H,1-3H3. The fraction of sp³-hybridized carbons (Fsp3) is 0.111. The third-order valence-electron chi connectivity index (χ3n) is 6.60. The Labute approximate surface area is 175 Å². The first-order valence-corrected chi connectivity index (χ1v) is 13.2. The van der Waals surface area contributed by atoms with Gasteiger partial charge in [-0.2, -0.15) is 0 Å². The maximum Gasteiger partial charge on any atom is 0.0619 e. The minimum Gasteiger partial charge on any atom is -0.354 e. The lowest BCUT2D eigenvalue weighted by atomic mass is 10.0. The Morgan fingerprint density at radius 1 is 0.633 bits per heavy atom. The molecule has 7 aromatic rings. The van der Waals surface area contributed by atoms with Crippen molar-refractivity contribution in [1.82, 2.24) is 9.38 Å². The van der Waals surface area contributed by atoms with Crippen LogP contribution in [0, 0.1) is 0 Å². The minimum atomic E-state index is -0.873. The monoisotopic (exact) mass is 406 g/mol. The van der Waals surface area contributed by atoms with Crippen molar-refractivity contribution in [2.24, 2.45) is 0 Å². The van der Waals surface area contributed by atoms with Crippen LogP contribution in [0.3, 0.4) is 0 Å². The van der Waals surface area contributed by atoms with Gasteiger partial charge < -0.3 is 9.38 Å². The lowest BCUT2D eigenvalue weighted by molar-refractivity contribution is 1.36. The lowest BCUT2D eigenvalue weighted by Crippen LogP contribution is -1.94. The van der Waals surface area contributed by atoms with Gasteiger partial charge in [-0.1, -0.05) is 48.5 Å². The van der Waals surface area contributed by atoms with Crippen LogP contribution in [0.2, 0.25) is 0 Å². The van der Waals surface area contributed by atoms with Crippen LogP contribution < -0.4 is 0 Å². The third-order valence-corrected chi connectivity index (χ3v) is 8.26. The summed E-state index contributed by atoms with van der Waals surface area (Å²) >= 11 is 0. The van der Waals surface area contributed by atoms with Crippen LogP contribution >= 0.6 is 10.0 Å². The SMILES string of the molecule is CS(C)(C)c1ccc2c3cccc4c5ccccc5n(c5cccc6[nH]c1c2c65)c34. The highest BCUT2D eigenvalue weighted by molar-refractivity contribution is 8.32. The van der Waals surface area contributed by atoms with Crippen LogP contribution in [0.15, 0.2) is 77.7 Å². The van der Waals surface area contributed by atoms with Gasteiger partial charge in [0.2, 0.25) is 0 Å². The molecule has 0 aliphatic carbocycles. The van der Waals surface area contributed by atoms with E-state index in [2.05, 4.69) is 101 Å². The summed E-state index contributed by atoms with van der Waals surface area (Å²) in [6.07, 6.45) is 7.14. The zero-order valence-corrected chi connectivity index (χ0v) is 18.1. The molecule has 0 atom stereocenters. The van der Waals surface area contributed by atoms with E-state index in [1.54, 1.807) is 0 Å². The summed E-state index contributed by atoms with van der Waals surface area (Å²) in [5, 5.41) is 8.02. The van der Waals surface area contributed by atoms with Gasteiger partial charge in [0.05, 0.1) is 22.1 Å². The summed E-state index contributed by atoms with van der Waals surface area (Å²) in [4.78, 5) is 5.26. The molecule has 2 nitrogen and oxygen atoms in total. The summed E-state index contributed by atoms with van der Waals surface area (Å²) in [5.74, 6) is 0. The summed E-state index contributed by atoms with van der Waals surface area (Å²) in [7, 11) is -0.873. The average molecular weight is 407 g/mol. The zero-order chi connectivity index (χ0) is 20.2. The number of rotatable bonds is 1. The molecule has 0 saturated heterocycles. The average Bonchev–Trinajstić information content (AvgIpc) is 3.24. The second-order valence-electron chi connectivity index (χ2n) is 9.08. The number of aromatic nitrogens is 2. The Morgan fingerprint density at radius 2 is 1.33 bits per heavy atom. The molecule has 0 aliphatic rings. The molecule has 0 fully saturated rings. The van der Waals surface area contributed by atoms with Crippen molar-refractivity contribution < 1.29 is 0 Å². The predicted molar refractivity (Wildman–Crippen MR) is 134 cm³/mol. The van der Waals surface area contributed by atoms with Crippen LogP contribution in [0.4, 0.5) is 0 Å². The highest BCUT2D eigenvalue weighted by Gasteiger charge is 2.22. The summed E-state index contributed by atoms with van der Waals surface area (Å²) in [5.41, 5.74) is 6.40. The maximum atomic E-state index is 3.81. The maximum absolute atomic E-state index is 3.81. The second-order valence-corrected chi connectivity index (χ2v) is 13.2. The van der Waals surface area contributed by atoms with Gasteiger partial charge in [0.15, 0.2) is 0 Å². The quantitative estimate of drug-likeness (QED) is 0.291. The van der Waals surface area contributed by atoms with Crippen LogP contribution in [0.5, 0.6) is 0 Å². The number of nitrogens with zero attached hydrogens (tertiary/aromatic N) is 1. The van der Waals surface area contributed by atoms with E-state index in [4.69, 9.17) is 0 Å². The molecule has 0 aliphatic heterocycles. The van der Waals surface area contributed by atoms with Crippen LogP contribution in [-0.4, -0.2) is 28.2 Å². The fourth-order valence-electron chi connectivity index (χ4n) is 5.42. The molecule has 0 saturated carbocycles. The fourth-order valence-corrected chi connectivity index (χ4v) is 6.66. The number of H-pyrrole nitrogens is 1. The van der Waals surface area contributed by atoms with Gasteiger partial charge in [0, 0.05) is 37.3 Å². The summed E-state index contributed by atoms with van der Waals surface area (Å²) < 4.78 is 2.49. The summed E-state index contributed by atoms with van der Waals surface area (Å²) in [6.45, 7) is 0. The first-order valence-electron chi connectivity index (χ1n) is 10.3. The molecule has 0 bridgehead atoms. The van der Waals surface area contributed by atoms with Gasteiger partial charge in [-0.25, -0.2) is 10.0 Å². The molecule has 7 rings (SSSR count). The van der Waals surface area contributed by atoms with Crippen LogP contribution in [0.1, 0.15) is 0 Å². The molecular weight excluding hydrogens is 384 g/mol.